The largest absolute Gasteiger partial charge is 0.336 e. The number of hydrogen-bond donors (Lipinski definition) is 0. The Morgan fingerprint density at radius 2 is 2.08 bits per heavy atom. The third-order valence-electron chi connectivity index (χ3n) is 5.01. The van der Waals surface area contributed by atoms with Gasteiger partial charge in [0.2, 0.25) is 0 Å². The summed E-state index contributed by atoms with van der Waals surface area (Å²) < 4.78 is 26.9. The second-order valence-corrected chi connectivity index (χ2v) is 7.34. The van der Waals surface area contributed by atoms with E-state index in [4.69, 9.17) is 0 Å². The van der Waals surface area contributed by atoms with Crippen molar-refractivity contribution in [2.45, 2.75) is 39.2 Å². The molecule has 24 heavy (non-hydrogen) atoms. The van der Waals surface area contributed by atoms with E-state index in [1.165, 1.54) is 12.8 Å². The van der Waals surface area contributed by atoms with Crippen molar-refractivity contribution in [3.8, 4) is 0 Å². The molecule has 1 saturated heterocycles. The minimum absolute atomic E-state index is 0.264. The topological polar surface area (TPSA) is 36.4 Å². The highest BCUT2D eigenvalue weighted by atomic mass is 19.1. The zero-order valence-electron chi connectivity index (χ0n) is 14.3. The van der Waals surface area contributed by atoms with Gasteiger partial charge in [-0.15, -0.1) is 0 Å². The van der Waals surface area contributed by atoms with Gasteiger partial charge >= 0.3 is 0 Å². The van der Waals surface area contributed by atoms with E-state index in [1.807, 2.05) is 0 Å². The quantitative estimate of drug-likeness (QED) is 0.848. The van der Waals surface area contributed by atoms with Crippen LogP contribution in [0.15, 0.2) is 12.3 Å². The highest BCUT2D eigenvalue weighted by Gasteiger charge is 2.34. The Morgan fingerprint density at radius 1 is 1.33 bits per heavy atom. The molecular formula is C18H25F2N3O. The third kappa shape index (κ3) is 3.91. The fraction of sp³-hybridized carbons (Fsp3) is 0.667. The van der Waals surface area contributed by atoms with Gasteiger partial charge in [-0.1, -0.05) is 13.8 Å². The van der Waals surface area contributed by atoms with Crippen LogP contribution in [0, 0.1) is 23.5 Å². The molecule has 0 radical (unpaired) electrons. The minimum atomic E-state index is -0.889. The van der Waals surface area contributed by atoms with Crippen molar-refractivity contribution in [1.29, 1.82) is 0 Å². The Hall–Kier alpha value is -1.56. The van der Waals surface area contributed by atoms with Crippen LogP contribution in [0.1, 0.15) is 43.6 Å². The number of carbonyl (C=O) groups is 1. The number of nitrogens with zero attached hydrogens (tertiary/aromatic N) is 3. The molecule has 1 aliphatic carbocycles. The van der Waals surface area contributed by atoms with Gasteiger partial charge in [-0.2, -0.15) is 0 Å². The number of aromatic nitrogens is 1. The van der Waals surface area contributed by atoms with Crippen LogP contribution in [0.3, 0.4) is 0 Å². The lowest BCUT2D eigenvalue weighted by molar-refractivity contribution is 0.0693. The van der Waals surface area contributed by atoms with Gasteiger partial charge < -0.3 is 4.90 Å². The molecule has 1 aromatic heterocycles. The van der Waals surface area contributed by atoms with Crippen molar-refractivity contribution in [3.05, 3.63) is 29.6 Å². The van der Waals surface area contributed by atoms with Crippen molar-refractivity contribution in [1.82, 2.24) is 14.8 Å². The van der Waals surface area contributed by atoms with E-state index >= 15 is 0 Å². The summed E-state index contributed by atoms with van der Waals surface area (Å²) in [6.45, 7) is 7.53. The summed E-state index contributed by atoms with van der Waals surface area (Å²) in [6.07, 6.45) is 4.36. The molecule has 1 amide bonds. The van der Waals surface area contributed by atoms with Crippen LogP contribution in [-0.4, -0.2) is 52.9 Å². The van der Waals surface area contributed by atoms with Crippen molar-refractivity contribution < 1.29 is 13.6 Å². The van der Waals surface area contributed by atoms with Gasteiger partial charge in [0.05, 0.1) is 6.20 Å². The number of pyridine rings is 1. The molecule has 2 aliphatic rings. The van der Waals surface area contributed by atoms with Gasteiger partial charge in [0.15, 0.2) is 11.5 Å². The molecule has 0 unspecified atom stereocenters. The zero-order valence-corrected chi connectivity index (χ0v) is 14.3. The Kier molecular flexibility index (Phi) is 5.13. The van der Waals surface area contributed by atoms with Crippen molar-refractivity contribution in [2.75, 3.05) is 26.2 Å². The van der Waals surface area contributed by atoms with Gasteiger partial charge in [0.25, 0.3) is 5.91 Å². The Morgan fingerprint density at radius 3 is 2.71 bits per heavy atom. The molecule has 1 saturated carbocycles. The summed E-state index contributed by atoms with van der Waals surface area (Å²) in [5.41, 5.74) is -0.283. The van der Waals surface area contributed by atoms with Crippen LogP contribution in [0.4, 0.5) is 8.78 Å². The monoisotopic (exact) mass is 337 g/mol. The van der Waals surface area contributed by atoms with Crippen LogP contribution in [-0.2, 0) is 0 Å². The van der Waals surface area contributed by atoms with Crippen LogP contribution >= 0.6 is 0 Å². The minimum Gasteiger partial charge on any atom is -0.336 e. The van der Waals surface area contributed by atoms with Gasteiger partial charge in [-0.3, -0.25) is 9.69 Å². The number of halogens is 2. The Labute approximate surface area is 141 Å². The van der Waals surface area contributed by atoms with E-state index in [1.54, 1.807) is 4.90 Å². The van der Waals surface area contributed by atoms with E-state index in [9.17, 15) is 13.6 Å². The van der Waals surface area contributed by atoms with E-state index in [-0.39, 0.29) is 11.7 Å². The molecule has 0 aromatic carbocycles. The Balaban J connectivity index is 1.76. The maximum Gasteiger partial charge on any atom is 0.275 e. The van der Waals surface area contributed by atoms with E-state index in [0.717, 1.165) is 37.7 Å². The van der Waals surface area contributed by atoms with Gasteiger partial charge in [0, 0.05) is 38.3 Å². The highest BCUT2D eigenvalue weighted by molar-refractivity contribution is 5.92. The lowest BCUT2D eigenvalue weighted by Gasteiger charge is -2.34. The maximum absolute atomic E-state index is 13.9. The van der Waals surface area contributed by atoms with Crippen LogP contribution in [0.5, 0.6) is 0 Å². The van der Waals surface area contributed by atoms with Crippen molar-refractivity contribution in [3.63, 3.8) is 0 Å². The molecule has 3 rings (SSSR count). The fourth-order valence-electron chi connectivity index (χ4n) is 3.46. The zero-order chi connectivity index (χ0) is 17.3. The molecule has 0 spiro atoms. The van der Waals surface area contributed by atoms with Gasteiger partial charge in [-0.25, -0.2) is 13.8 Å². The maximum atomic E-state index is 13.9. The van der Waals surface area contributed by atoms with Crippen LogP contribution in [0.2, 0.25) is 0 Å². The molecule has 1 aromatic rings. The number of carbonyl (C=O) groups excluding carboxylic acids is 1. The fourth-order valence-corrected chi connectivity index (χ4v) is 3.46. The summed E-state index contributed by atoms with van der Waals surface area (Å²) in [4.78, 5) is 20.5. The lowest BCUT2D eigenvalue weighted by Crippen LogP contribution is -2.46. The SMILES string of the molecule is CC(C)[C@@H]1CN(C(=O)c2ncc(F)cc2F)CCCN1CC1CC1. The summed E-state index contributed by atoms with van der Waals surface area (Å²) in [5, 5.41) is 0. The molecule has 1 atom stereocenters. The highest BCUT2D eigenvalue weighted by Crippen LogP contribution is 2.32. The third-order valence-corrected chi connectivity index (χ3v) is 5.01. The molecule has 2 fully saturated rings. The first-order chi connectivity index (χ1) is 11.5. The normalized spacial score (nSPS) is 22.7. The van der Waals surface area contributed by atoms with E-state index in [0.29, 0.717) is 19.0 Å². The molecule has 4 nitrogen and oxygen atoms in total. The average Bonchev–Trinajstić information content (AvgIpc) is 3.34. The molecular weight excluding hydrogens is 312 g/mol. The number of hydrogen-bond acceptors (Lipinski definition) is 3. The number of rotatable bonds is 4. The van der Waals surface area contributed by atoms with E-state index < -0.39 is 17.5 Å². The number of amides is 1. The second-order valence-electron chi connectivity index (χ2n) is 7.34. The van der Waals surface area contributed by atoms with Crippen molar-refractivity contribution in [2.24, 2.45) is 11.8 Å². The van der Waals surface area contributed by atoms with Crippen LogP contribution in [0.25, 0.3) is 0 Å². The molecule has 6 heteroatoms. The van der Waals surface area contributed by atoms with Gasteiger partial charge in [0.1, 0.15) is 5.82 Å². The summed E-state index contributed by atoms with van der Waals surface area (Å²) in [7, 11) is 0. The first-order valence-corrected chi connectivity index (χ1v) is 8.80. The van der Waals surface area contributed by atoms with Crippen molar-refractivity contribution >= 4 is 5.91 Å². The molecule has 1 aliphatic heterocycles. The molecule has 132 valence electrons. The van der Waals surface area contributed by atoms with E-state index in [2.05, 4.69) is 23.7 Å². The Bertz CT molecular complexity index is 604. The first kappa shape index (κ1) is 17.3. The summed E-state index contributed by atoms with van der Waals surface area (Å²) >= 11 is 0. The smallest absolute Gasteiger partial charge is 0.275 e. The first-order valence-electron chi connectivity index (χ1n) is 8.80. The predicted octanol–water partition coefficient (Wildman–Crippen LogP) is 2.94. The summed E-state index contributed by atoms with van der Waals surface area (Å²) in [5.74, 6) is -0.893. The predicted molar refractivity (Wildman–Crippen MR) is 87.6 cm³/mol. The average molecular weight is 337 g/mol. The van der Waals surface area contributed by atoms with Gasteiger partial charge in [-0.05, 0) is 31.1 Å². The molecule has 2 heterocycles. The second kappa shape index (κ2) is 7.13. The molecule has 0 N–H and O–H groups in total. The standard InChI is InChI=1S/C18H25F2N3O/c1-12(2)16-11-23(7-3-6-22(16)10-13-4-5-13)18(24)17-15(20)8-14(19)9-21-17/h8-9,12-13,16H,3-7,10-11H2,1-2H3/t16-/m0/s1. The molecule has 0 bridgehead atoms. The lowest BCUT2D eigenvalue weighted by atomic mass is 10.0. The summed E-state index contributed by atoms with van der Waals surface area (Å²) in [6, 6.07) is 0.984. The van der Waals surface area contributed by atoms with Crippen LogP contribution < -0.4 is 0 Å².